The minimum Gasteiger partial charge on any atom is -0.366 e. The number of rotatable bonds is 6. The molecule has 1 amide bonds. The summed E-state index contributed by atoms with van der Waals surface area (Å²) in [6, 6.07) is 3.44. The molecule has 2 fully saturated rings. The summed E-state index contributed by atoms with van der Waals surface area (Å²) in [7, 11) is -4.18. The number of hydrogen-bond donors (Lipinski definition) is 1. The lowest BCUT2D eigenvalue weighted by Crippen LogP contribution is -2.50. The second-order valence-corrected chi connectivity index (χ2v) is 12.2. The van der Waals surface area contributed by atoms with Crippen molar-refractivity contribution in [1.29, 1.82) is 5.26 Å². The number of anilines is 1. The molecule has 11 nitrogen and oxygen atoms in total. The third-order valence-corrected chi connectivity index (χ3v) is 8.95. The molecular formula is C22H23F3N8O3S2. The predicted octanol–water partition coefficient (Wildman–Crippen LogP) is 2.51. The van der Waals surface area contributed by atoms with E-state index in [1.165, 1.54) is 22.9 Å². The van der Waals surface area contributed by atoms with Gasteiger partial charge in [0.2, 0.25) is 20.9 Å². The zero-order valence-corrected chi connectivity index (χ0v) is 22.0. The van der Waals surface area contributed by atoms with Crippen LogP contribution in [0.15, 0.2) is 23.4 Å². The number of carbonyl (C=O) groups is 1. The van der Waals surface area contributed by atoms with Crippen LogP contribution in [0.5, 0.6) is 0 Å². The Morgan fingerprint density at radius 3 is 2.45 bits per heavy atom. The molecular weight excluding hydrogens is 545 g/mol. The highest BCUT2D eigenvalue weighted by atomic mass is 32.2. The van der Waals surface area contributed by atoms with Crippen molar-refractivity contribution < 1.29 is 26.4 Å². The van der Waals surface area contributed by atoms with Crippen molar-refractivity contribution in [1.82, 2.24) is 29.2 Å². The van der Waals surface area contributed by atoms with E-state index in [0.717, 1.165) is 0 Å². The van der Waals surface area contributed by atoms with E-state index in [-0.39, 0.29) is 27.6 Å². The van der Waals surface area contributed by atoms with E-state index in [1.54, 1.807) is 4.90 Å². The van der Waals surface area contributed by atoms with Crippen LogP contribution in [0, 0.1) is 17.2 Å². The Morgan fingerprint density at radius 1 is 1.21 bits per heavy atom. The standard InChI is InChI=1S/C22H23F3N8O3S2/c1-13(2)19(34)32-7-5-31(6-8-32)15-9-14(38(35,36)30-21(12-26)3-4-21)11-33-16(15)10-27-17(33)18-28-29-20(37-18)22(23,24)25/h9-11,13,30H,3-8H2,1-2H3. The first kappa shape index (κ1) is 26.3. The Labute approximate surface area is 219 Å². The van der Waals surface area contributed by atoms with E-state index in [0.29, 0.717) is 61.6 Å². The molecule has 1 N–H and O–H groups in total. The van der Waals surface area contributed by atoms with Crippen LogP contribution in [0.3, 0.4) is 0 Å². The van der Waals surface area contributed by atoms with Gasteiger partial charge >= 0.3 is 6.18 Å². The number of carbonyl (C=O) groups excluding carboxylic acids is 1. The summed E-state index contributed by atoms with van der Waals surface area (Å²) in [4.78, 5) is 20.1. The van der Waals surface area contributed by atoms with Gasteiger partial charge in [-0.1, -0.05) is 25.2 Å². The largest absolute Gasteiger partial charge is 0.445 e. The molecule has 4 heterocycles. The molecule has 0 spiro atoms. The molecule has 1 saturated heterocycles. The molecule has 1 saturated carbocycles. The Kier molecular flexibility index (Phi) is 6.35. The summed E-state index contributed by atoms with van der Waals surface area (Å²) in [5, 5.41) is 15.0. The molecule has 3 aromatic rings. The third kappa shape index (κ3) is 4.81. The van der Waals surface area contributed by atoms with Crippen molar-refractivity contribution in [3.63, 3.8) is 0 Å². The van der Waals surface area contributed by atoms with Crippen LogP contribution in [0.2, 0.25) is 0 Å². The van der Waals surface area contributed by atoms with Gasteiger partial charge in [-0.15, -0.1) is 10.2 Å². The van der Waals surface area contributed by atoms with Crippen LogP contribution >= 0.6 is 11.3 Å². The first-order chi connectivity index (χ1) is 17.8. The van der Waals surface area contributed by atoms with E-state index in [1.807, 2.05) is 24.8 Å². The minimum absolute atomic E-state index is 0.00124. The second-order valence-electron chi connectivity index (χ2n) is 9.57. The highest BCUT2D eigenvalue weighted by Gasteiger charge is 2.47. The zero-order valence-electron chi connectivity index (χ0n) is 20.4. The third-order valence-electron chi connectivity index (χ3n) is 6.48. The molecule has 0 radical (unpaired) electrons. The number of nitriles is 1. The summed E-state index contributed by atoms with van der Waals surface area (Å²) in [6.45, 7) is 5.29. The maximum atomic E-state index is 13.3. The Morgan fingerprint density at radius 2 is 1.89 bits per heavy atom. The molecule has 3 aromatic heterocycles. The SMILES string of the molecule is CC(C)C(=O)N1CCN(c2cc(S(=O)(=O)NC3(C#N)CC3)cn3c(-c4nnc(C(F)(F)F)s4)ncc23)CC1. The van der Waals surface area contributed by atoms with Gasteiger partial charge in [-0.25, -0.2) is 13.4 Å². The molecule has 202 valence electrons. The van der Waals surface area contributed by atoms with E-state index >= 15 is 0 Å². The van der Waals surface area contributed by atoms with Crippen LogP contribution in [0.25, 0.3) is 16.3 Å². The fraction of sp³-hybridized carbons (Fsp3) is 0.500. The maximum Gasteiger partial charge on any atom is 0.445 e. The van der Waals surface area contributed by atoms with Crippen molar-refractivity contribution >= 4 is 38.5 Å². The molecule has 16 heteroatoms. The molecule has 1 aliphatic carbocycles. The number of pyridine rings is 1. The van der Waals surface area contributed by atoms with Gasteiger partial charge in [0, 0.05) is 38.3 Å². The van der Waals surface area contributed by atoms with Crippen molar-refractivity contribution in [2.45, 2.75) is 43.3 Å². The number of alkyl halides is 3. The fourth-order valence-corrected chi connectivity index (χ4v) is 6.35. The van der Waals surface area contributed by atoms with E-state index in [2.05, 4.69) is 19.9 Å². The van der Waals surface area contributed by atoms with Gasteiger partial charge in [-0.3, -0.25) is 9.20 Å². The van der Waals surface area contributed by atoms with Gasteiger partial charge in [0.25, 0.3) is 0 Å². The van der Waals surface area contributed by atoms with Gasteiger partial charge in [0.1, 0.15) is 10.4 Å². The van der Waals surface area contributed by atoms with Gasteiger partial charge < -0.3 is 9.80 Å². The van der Waals surface area contributed by atoms with Gasteiger partial charge in [0.15, 0.2) is 10.8 Å². The van der Waals surface area contributed by atoms with E-state index < -0.39 is 26.7 Å². The van der Waals surface area contributed by atoms with Crippen LogP contribution in [0.1, 0.15) is 31.7 Å². The summed E-state index contributed by atoms with van der Waals surface area (Å²) >= 11 is 0.301. The molecule has 0 aromatic carbocycles. The topological polar surface area (TPSA) is 137 Å². The highest BCUT2D eigenvalue weighted by molar-refractivity contribution is 7.89. The Balaban J connectivity index is 1.58. The first-order valence-electron chi connectivity index (χ1n) is 11.7. The lowest BCUT2D eigenvalue weighted by atomic mass is 10.1. The van der Waals surface area contributed by atoms with Crippen molar-refractivity contribution in [3.8, 4) is 16.9 Å². The summed E-state index contributed by atoms with van der Waals surface area (Å²) in [6.07, 6.45) is -1.23. The highest BCUT2D eigenvalue weighted by Crippen LogP contribution is 2.38. The van der Waals surface area contributed by atoms with Crippen molar-refractivity contribution in [3.05, 3.63) is 23.5 Å². The number of hydrogen-bond acceptors (Lipinski definition) is 9. The molecule has 38 heavy (non-hydrogen) atoms. The lowest BCUT2D eigenvalue weighted by Gasteiger charge is -2.37. The number of aromatic nitrogens is 4. The normalized spacial score (nSPS) is 17.7. The van der Waals surface area contributed by atoms with Gasteiger partial charge in [-0.2, -0.15) is 23.2 Å². The maximum absolute atomic E-state index is 13.3. The first-order valence-corrected chi connectivity index (χ1v) is 14.0. The Hall–Kier alpha value is -3.29. The zero-order chi connectivity index (χ0) is 27.5. The number of amides is 1. The van der Waals surface area contributed by atoms with Gasteiger partial charge in [-0.05, 0) is 18.9 Å². The van der Waals surface area contributed by atoms with Crippen LogP contribution in [0.4, 0.5) is 18.9 Å². The number of sulfonamides is 1. The minimum atomic E-state index is -4.68. The van der Waals surface area contributed by atoms with E-state index in [9.17, 15) is 31.6 Å². The van der Waals surface area contributed by atoms with Crippen molar-refractivity contribution in [2.24, 2.45) is 5.92 Å². The smallest absolute Gasteiger partial charge is 0.366 e. The average molecular weight is 569 g/mol. The Bertz CT molecular complexity index is 1550. The molecule has 1 aliphatic heterocycles. The lowest BCUT2D eigenvalue weighted by molar-refractivity contribution is -0.138. The summed E-state index contributed by atoms with van der Waals surface area (Å²) in [5.41, 5.74) is -0.242. The number of nitrogens with one attached hydrogen (secondary N) is 1. The quantitative estimate of drug-likeness (QED) is 0.479. The molecule has 0 unspecified atom stereocenters. The van der Waals surface area contributed by atoms with Crippen LogP contribution in [-0.2, 0) is 21.0 Å². The van der Waals surface area contributed by atoms with E-state index in [4.69, 9.17) is 0 Å². The number of nitrogens with zero attached hydrogens (tertiary/aromatic N) is 7. The molecule has 2 aliphatic rings. The van der Waals surface area contributed by atoms with Crippen molar-refractivity contribution in [2.75, 3.05) is 31.1 Å². The fourth-order valence-electron chi connectivity index (χ4n) is 4.25. The molecule has 0 bridgehead atoms. The molecule has 0 atom stereocenters. The monoisotopic (exact) mass is 568 g/mol. The second kappa shape index (κ2) is 9.17. The van der Waals surface area contributed by atoms with Crippen LogP contribution < -0.4 is 9.62 Å². The van der Waals surface area contributed by atoms with Gasteiger partial charge in [0.05, 0.1) is 23.5 Å². The predicted molar refractivity (Wildman–Crippen MR) is 131 cm³/mol. The number of piperazine rings is 1. The average Bonchev–Trinajstić information content (AvgIpc) is 3.26. The number of imidazole rings is 1. The summed E-state index contributed by atoms with van der Waals surface area (Å²) < 4.78 is 69.9. The number of fused-ring (bicyclic) bond motifs is 1. The molecule has 5 rings (SSSR count). The summed E-state index contributed by atoms with van der Waals surface area (Å²) in [5.74, 6) is -0.139. The van der Waals surface area contributed by atoms with Crippen LogP contribution in [-0.4, -0.2) is 70.5 Å². The number of halogens is 3.